The summed E-state index contributed by atoms with van der Waals surface area (Å²) in [6.07, 6.45) is 0. The van der Waals surface area contributed by atoms with Gasteiger partial charge in [-0.05, 0) is 12.1 Å². The summed E-state index contributed by atoms with van der Waals surface area (Å²) in [5, 5.41) is 2.07. The monoisotopic (exact) mass is 296 g/mol. The van der Waals surface area contributed by atoms with Crippen LogP contribution in [0.4, 0.5) is 24.5 Å². The lowest BCUT2D eigenvalue weighted by atomic mass is 10.1. The average molecular weight is 296 g/mol. The van der Waals surface area contributed by atoms with Crippen LogP contribution < -0.4 is 15.8 Å². The SMILES string of the molecule is COc1cccc(N)c1C(=O)Nc1cc(F)cc(F)c1F. The number of nitrogen functional groups attached to an aromatic ring is 1. The zero-order valence-electron chi connectivity index (χ0n) is 10.9. The number of benzene rings is 2. The Bertz CT molecular complexity index is 705. The Balaban J connectivity index is 2.40. The van der Waals surface area contributed by atoms with Gasteiger partial charge in [0.1, 0.15) is 17.1 Å². The Morgan fingerprint density at radius 3 is 2.62 bits per heavy atom. The molecule has 0 aliphatic carbocycles. The van der Waals surface area contributed by atoms with Gasteiger partial charge < -0.3 is 15.8 Å². The van der Waals surface area contributed by atoms with Crippen LogP contribution in [0.1, 0.15) is 10.4 Å². The second-order valence-corrected chi connectivity index (χ2v) is 4.13. The van der Waals surface area contributed by atoms with Crippen LogP contribution in [0.3, 0.4) is 0 Å². The first-order chi connectivity index (χ1) is 9.93. The van der Waals surface area contributed by atoms with Gasteiger partial charge in [-0.2, -0.15) is 0 Å². The zero-order chi connectivity index (χ0) is 15.6. The highest BCUT2D eigenvalue weighted by Crippen LogP contribution is 2.26. The maximum absolute atomic E-state index is 13.5. The summed E-state index contributed by atoms with van der Waals surface area (Å²) in [5.41, 5.74) is 5.08. The number of nitrogens with two attached hydrogens (primary N) is 1. The van der Waals surface area contributed by atoms with Crippen molar-refractivity contribution in [3.05, 3.63) is 53.3 Å². The lowest BCUT2D eigenvalue weighted by Crippen LogP contribution is -2.16. The van der Waals surface area contributed by atoms with Gasteiger partial charge in [0.25, 0.3) is 5.91 Å². The largest absolute Gasteiger partial charge is 0.496 e. The predicted molar refractivity (Wildman–Crippen MR) is 71.7 cm³/mol. The van der Waals surface area contributed by atoms with Crippen LogP contribution in [0.2, 0.25) is 0 Å². The minimum Gasteiger partial charge on any atom is -0.496 e. The molecule has 0 saturated heterocycles. The van der Waals surface area contributed by atoms with Gasteiger partial charge in [0.15, 0.2) is 11.6 Å². The summed E-state index contributed by atoms with van der Waals surface area (Å²) < 4.78 is 44.7. The lowest BCUT2D eigenvalue weighted by molar-refractivity contribution is 0.102. The summed E-state index contributed by atoms with van der Waals surface area (Å²) in [6.45, 7) is 0. The Kier molecular flexibility index (Phi) is 4.02. The Labute approximate surface area is 118 Å². The van der Waals surface area contributed by atoms with Gasteiger partial charge in [-0.3, -0.25) is 4.79 Å². The molecule has 2 rings (SSSR count). The number of nitrogens with one attached hydrogen (secondary N) is 1. The van der Waals surface area contributed by atoms with Gasteiger partial charge in [0, 0.05) is 17.8 Å². The first kappa shape index (κ1) is 14.7. The molecule has 0 spiro atoms. The van der Waals surface area contributed by atoms with Crippen LogP contribution in [0.5, 0.6) is 5.75 Å². The lowest BCUT2D eigenvalue weighted by Gasteiger charge is -2.12. The van der Waals surface area contributed by atoms with Crippen molar-refractivity contribution in [2.45, 2.75) is 0 Å². The third-order valence-corrected chi connectivity index (χ3v) is 2.75. The number of halogens is 3. The van der Waals surface area contributed by atoms with Crippen LogP contribution in [0, 0.1) is 17.5 Å². The van der Waals surface area contributed by atoms with E-state index in [4.69, 9.17) is 10.5 Å². The number of amides is 1. The number of methoxy groups -OCH3 is 1. The minimum atomic E-state index is -1.40. The Hall–Kier alpha value is -2.70. The molecule has 4 nitrogen and oxygen atoms in total. The van der Waals surface area contributed by atoms with Crippen molar-refractivity contribution in [3.8, 4) is 5.75 Å². The van der Waals surface area contributed by atoms with E-state index >= 15 is 0 Å². The van der Waals surface area contributed by atoms with Crippen molar-refractivity contribution < 1.29 is 22.7 Å². The number of rotatable bonds is 3. The van der Waals surface area contributed by atoms with Gasteiger partial charge in [0.05, 0.1) is 12.8 Å². The molecule has 0 bridgehead atoms. The molecule has 0 aliphatic rings. The van der Waals surface area contributed by atoms with E-state index in [0.29, 0.717) is 12.1 Å². The molecule has 0 heterocycles. The topological polar surface area (TPSA) is 64.3 Å². The molecule has 0 unspecified atom stereocenters. The van der Waals surface area contributed by atoms with E-state index in [1.165, 1.54) is 19.2 Å². The number of ether oxygens (including phenoxy) is 1. The fourth-order valence-electron chi connectivity index (χ4n) is 1.79. The molecule has 2 aromatic rings. The Morgan fingerprint density at radius 2 is 1.95 bits per heavy atom. The number of anilines is 2. The van der Waals surface area contributed by atoms with E-state index in [2.05, 4.69) is 5.32 Å². The third kappa shape index (κ3) is 2.91. The molecule has 0 radical (unpaired) electrons. The van der Waals surface area contributed by atoms with Gasteiger partial charge in [0.2, 0.25) is 0 Å². The molecule has 110 valence electrons. The van der Waals surface area contributed by atoms with Crippen molar-refractivity contribution in [3.63, 3.8) is 0 Å². The highest BCUT2D eigenvalue weighted by molar-refractivity contribution is 6.09. The fourth-order valence-corrected chi connectivity index (χ4v) is 1.79. The molecule has 3 N–H and O–H groups in total. The minimum absolute atomic E-state index is 0.0518. The quantitative estimate of drug-likeness (QED) is 0.676. The summed E-state index contributed by atoms with van der Waals surface area (Å²) in [5.74, 6) is -4.47. The maximum Gasteiger partial charge on any atom is 0.261 e. The number of hydrogen-bond donors (Lipinski definition) is 2. The molecule has 1 amide bonds. The highest BCUT2D eigenvalue weighted by atomic mass is 19.2. The molecule has 2 aromatic carbocycles. The molecule has 0 saturated carbocycles. The standard InChI is InChI=1S/C14H11F3N2O2/c1-21-11-4-2-3-9(18)12(11)14(20)19-10-6-7(15)5-8(16)13(10)17/h2-6H,18H2,1H3,(H,19,20). The summed E-state index contributed by atoms with van der Waals surface area (Å²) in [7, 11) is 1.33. The molecular weight excluding hydrogens is 285 g/mol. The van der Waals surface area contributed by atoms with Crippen LogP contribution in [-0.4, -0.2) is 13.0 Å². The first-order valence-electron chi connectivity index (χ1n) is 5.82. The van der Waals surface area contributed by atoms with Crippen molar-refractivity contribution >= 4 is 17.3 Å². The van der Waals surface area contributed by atoms with Crippen molar-refractivity contribution in [1.82, 2.24) is 0 Å². The van der Waals surface area contributed by atoms with Gasteiger partial charge in [-0.15, -0.1) is 0 Å². The predicted octanol–water partition coefficient (Wildman–Crippen LogP) is 2.95. The summed E-state index contributed by atoms with van der Waals surface area (Å²) >= 11 is 0. The average Bonchev–Trinajstić information content (AvgIpc) is 2.43. The molecule has 0 fully saturated rings. The van der Waals surface area contributed by atoms with E-state index < -0.39 is 29.0 Å². The molecule has 0 aromatic heterocycles. The van der Waals surface area contributed by atoms with E-state index in [1.54, 1.807) is 6.07 Å². The van der Waals surface area contributed by atoms with Crippen molar-refractivity contribution in [2.75, 3.05) is 18.2 Å². The zero-order valence-corrected chi connectivity index (χ0v) is 10.9. The first-order valence-corrected chi connectivity index (χ1v) is 5.82. The second kappa shape index (κ2) is 5.74. The second-order valence-electron chi connectivity index (χ2n) is 4.13. The van der Waals surface area contributed by atoms with Crippen LogP contribution in [-0.2, 0) is 0 Å². The molecular formula is C14H11F3N2O2. The van der Waals surface area contributed by atoms with Gasteiger partial charge in [-0.1, -0.05) is 6.07 Å². The normalized spacial score (nSPS) is 10.3. The van der Waals surface area contributed by atoms with E-state index in [1.807, 2.05) is 0 Å². The number of hydrogen-bond acceptors (Lipinski definition) is 3. The van der Waals surface area contributed by atoms with E-state index in [9.17, 15) is 18.0 Å². The molecule has 21 heavy (non-hydrogen) atoms. The molecule has 7 heteroatoms. The van der Waals surface area contributed by atoms with E-state index in [0.717, 1.165) is 0 Å². The van der Waals surface area contributed by atoms with Crippen molar-refractivity contribution in [2.24, 2.45) is 0 Å². The van der Waals surface area contributed by atoms with Crippen LogP contribution >= 0.6 is 0 Å². The smallest absolute Gasteiger partial charge is 0.261 e. The maximum atomic E-state index is 13.5. The van der Waals surface area contributed by atoms with Crippen LogP contribution in [0.15, 0.2) is 30.3 Å². The third-order valence-electron chi connectivity index (χ3n) is 2.75. The van der Waals surface area contributed by atoms with Crippen LogP contribution in [0.25, 0.3) is 0 Å². The molecule has 0 atom stereocenters. The fraction of sp³-hybridized carbons (Fsp3) is 0.0714. The van der Waals surface area contributed by atoms with E-state index in [-0.39, 0.29) is 17.0 Å². The summed E-state index contributed by atoms with van der Waals surface area (Å²) in [4.78, 5) is 12.1. The Morgan fingerprint density at radius 1 is 1.24 bits per heavy atom. The number of carbonyl (C=O) groups is 1. The summed E-state index contributed by atoms with van der Waals surface area (Å²) in [6, 6.07) is 5.53. The highest BCUT2D eigenvalue weighted by Gasteiger charge is 2.19. The number of carbonyl (C=O) groups excluding carboxylic acids is 1. The molecule has 0 aliphatic heterocycles. The van der Waals surface area contributed by atoms with Crippen molar-refractivity contribution in [1.29, 1.82) is 0 Å². The van der Waals surface area contributed by atoms with Gasteiger partial charge in [-0.25, -0.2) is 13.2 Å². The van der Waals surface area contributed by atoms with Gasteiger partial charge >= 0.3 is 0 Å².